The van der Waals surface area contributed by atoms with Gasteiger partial charge in [-0.2, -0.15) is 0 Å². The SMILES string of the molecule is C=Cn1cccc1-c1cccc(-c2cccn2C=C)n1. The molecule has 3 aromatic heterocycles. The maximum atomic E-state index is 4.74. The van der Waals surface area contributed by atoms with Crippen LogP contribution in [-0.4, -0.2) is 14.1 Å². The Morgan fingerprint density at radius 2 is 1.25 bits per heavy atom. The van der Waals surface area contributed by atoms with Crippen molar-refractivity contribution < 1.29 is 0 Å². The second-order valence-corrected chi connectivity index (χ2v) is 4.37. The van der Waals surface area contributed by atoms with Gasteiger partial charge >= 0.3 is 0 Å². The average molecular weight is 261 g/mol. The first-order chi connectivity index (χ1) is 9.83. The summed E-state index contributed by atoms with van der Waals surface area (Å²) >= 11 is 0. The van der Waals surface area contributed by atoms with E-state index in [9.17, 15) is 0 Å². The van der Waals surface area contributed by atoms with Gasteiger partial charge in [0.1, 0.15) is 0 Å². The molecule has 0 atom stereocenters. The van der Waals surface area contributed by atoms with Crippen LogP contribution in [0.3, 0.4) is 0 Å². The Labute approximate surface area is 118 Å². The third kappa shape index (κ3) is 1.99. The molecule has 0 saturated heterocycles. The van der Waals surface area contributed by atoms with Gasteiger partial charge in [0.2, 0.25) is 0 Å². The molecule has 0 amide bonds. The summed E-state index contributed by atoms with van der Waals surface area (Å²) in [4.78, 5) is 4.74. The summed E-state index contributed by atoms with van der Waals surface area (Å²) < 4.78 is 3.91. The van der Waals surface area contributed by atoms with Gasteiger partial charge in [-0.15, -0.1) is 0 Å². The van der Waals surface area contributed by atoms with Crippen LogP contribution in [0, 0.1) is 0 Å². The molecule has 0 spiro atoms. The van der Waals surface area contributed by atoms with Crippen LogP contribution >= 0.6 is 0 Å². The van der Waals surface area contributed by atoms with Gasteiger partial charge in [0.25, 0.3) is 0 Å². The fraction of sp³-hybridized carbons (Fsp3) is 0. The third-order valence-corrected chi connectivity index (χ3v) is 3.23. The first-order valence-electron chi connectivity index (χ1n) is 6.40. The van der Waals surface area contributed by atoms with E-state index in [1.807, 2.05) is 64.0 Å². The maximum absolute atomic E-state index is 4.74. The van der Waals surface area contributed by atoms with Crippen LogP contribution in [0.5, 0.6) is 0 Å². The number of pyridine rings is 1. The minimum atomic E-state index is 0.921. The van der Waals surface area contributed by atoms with Crippen molar-refractivity contribution in [2.45, 2.75) is 0 Å². The minimum Gasteiger partial charge on any atom is -0.323 e. The molecule has 0 aromatic carbocycles. The van der Waals surface area contributed by atoms with Crippen LogP contribution in [0.4, 0.5) is 0 Å². The molecule has 0 bridgehead atoms. The van der Waals surface area contributed by atoms with Crippen LogP contribution in [0.1, 0.15) is 0 Å². The highest BCUT2D eigenvalue weighted by Crippen LogP contribution is 2.23. The largest absolute Gasteiger partial charge is 0.323 e. The Balaban J connectivity index is 2.11. The summed E-state index contributed by atoms with van der Waals surface area (Å²) in [5.74, 6) is 0. The Morgan fingerprint density at radius 3 is 1.70 bits per heavy atom. The predicted molar refractivity (Wildman–Crippen MR) is 83.9 cm³/mol. The van der Waals surface area contributed by atoms with Gasteiger partial charge in [-0.05, 0) is 36.4 Å². The molecule has 98 valence electrons. The Hall–Kier alpha value is -2.81. The predicted octanol–water partition coefficient (Wildman–Crippen LogP) is 4.22. The summed E-state index contributed by atoms with van der Waals surface area (Å²) in [6.07, 6.45) is 7.47. The first-order valence-corrected chi connectivity index (χ1v) is 6.40. The molecule has 3 heterocycles. The van der Waals surface area contributed by atoms with E-state index in [4.69, 9.17) is 4.98 Å². The van der Waals surface area contributed by atoms with Crippen molar-refractivity contribution in [3.05, 3.63) is 68.0 Å². The van der Waals surface area contributed by atoms with Gasteiger partial charge in [-0.1, -0.05) is 19.2 Å². The molecule has 0 radical (unpaired) electrons. The molecule has 0 unspecified atom stereocenters. The molecule has 3 rings (SSSR count). The topological polar surface area (TPSA) is 22.8 Å². The monoisotopic (exact) mass is 261 g/mol. The zero-order valence-corrected chi connectivity index (χ0v) is 11.1. The molecular weight excluding hydrogens is 246 g/mol. The fourth-order valence-electron chi connectivity index (χ4n) is 2.26. The van der Waals surface area contributed by atoms with Crippen molar-refractivity contribution >= 4 is 12.4 Å². The third-order valence-electron chi connectivity index (χ3n) is 3.23. The molecule has 0 aliphatic rings. The van der Waals surface area contributed by atoms with E-state index in [0.717, 1.165) is 22.8 Å². The van der Waals surface area contributed by atoms with Gasteiger partial charge in [-0.25, -0.2) is 4.98 Å². The summed E-state index contributed by atoms with van der Waals surface area (Å²) in [5.41, 5.74) is 3.89. The van der Waals surface area contributed by atoms with Crippen molar-refractivity contribution in [1.82, 2.24) is 14.1 Å². The van der Waals surface area contributed by atoms with Crippen molar-refractivity contribution in [2.24, 2.45) is 0 Å². The fourth-order valence-corrected chi connectivity index (χ4v) is 2.26. The molecule has 3 heteroatoms. The number of hydrogen-bond donors (Lipinski definition) is 0. The van der Waals surface area contributed by atoms with E-state index < -0.39 is 0 Å². The van der Waals surface area contributed by atoms with Crippen LogP contribution in [-0.2, 0) is 0 Å². The van der Waals surface area contributed by atoms with E-state index in [-0.39, 0.29) is 0 Å². The number of nitrogens with zero attached hydrogens (tertiary/aromatic N) is 3. The highest BCUT2D eigenvalue weighted by Gasteiger charge is 2.08. The molecule has 0 N–H and O–H groups in total. The van der Waals surface area contributed by atoms with E-state index in [1.165, 1.54) is 0 Å². The highest BCUT2D eigenvalue weighted by molar-refractivity contribution is 5.65. The van der Waals surface area contributed by atoms with E-state index in [1.54, 1.807) is 12.4 Å². The van der Waals surface area contributed by atoms with Gasteiger partial charge in [0.15, 0.2) is 0 Å². The smallest absolute Gasteiger partial charge is 0.0877 e. The lowest BCUT2D eigenvalue weighted by Gasteiger charge is -2.07. The molecule has 0 fully saturated rings. The van der Waals surface area contributed by atoms with E-state index >= 15 is 0 Å². The van der Waals surface area contributed by atoms with Gasteiger partial charge in [0, 0.05) is 24.8 Å². The zero-order chi connectivity index (χ0) is 13.9. The van der Waals surface area contributed by atoms with Crippen molar-refractivity contribution in [3.8, 4) is 22.8 Å². The lowest BCUT2D eigenvalue weighted by molar-refractivity contribution is 1.13. The highest BCUT2D eigenvalue weighted by atomic mass is 15.0. The average Bonchev–Trinajstić information content (AvgIpc) is 3.15. The molecule has 0 saturated carbocycles. The molecular formula is C17H15N3. The molecule has 3 nitrogen and oxygen atoms in total. The molecule has 0 aliphatic carbocycles. The van der Waals surface area contributed by atoms with Crippen LogP contribution in [0.15, 0.2) is 68.0 Å². The number of hydrogen-bond acceptors (Lipinski definition) is 1. The van der Waals surface area contributed by atoms with Crippen molar-refractivity contribution in [1.29, 1.82) is 0 Å². The number of aromatic nitrogens is 3. The summed E-state index contributed by atoms with van der Waals surface area (Å²) in [6.45, 7) is 7.61. The lowest BCUT2D eigenvalue weighted by atomic mass is 10.2. The second kappa shape index (κ2) is 5.05. The second-order valence-electron chi connectivity index (χ2n) is 4.37. The summed E-state index contributed by atoms with van der Waals surface area (Å²) in [5, 5.41) is 0. The standard InChI is InChI=1S/C17H15N3/c1-3-19-12-6-10-16(19)14-8-5-9-15(18-14)17-11-7-13-20(17)4-2/h3-13H,1-2H2. The van der Waals surface area contributed by atoms with Crippen LogP contribution < -0.4 is 0 Å². The first kappa shape index (κ1) is 12.2. The maximum Gasteiger partial charge on any atom is 0.0877 e. The molecule has 20 heavy (non-hydrogen) atoms. The van der Waals surface area contributed by atoms with Crippen LogP contribution in [0.25, 0.3) is 35.2 Å². The zero-order valence-electron chi connectivity index (χ0n) is 11.1. The minimum absolute atomic E-state index is 0.921. The van der Waals surface area contributed by atoms with Gasteiger partial charge < -0.3 is 9.13 Å². The molecule has 0 aliphatic heterocycles. The van der Waals surface area contributed by atoms with Crippen molar-refractivity contribution in [2.75, 3.05) is 0 Å². The summed E-state index contributed by atoms with van der Waals surface area (Å²) in [7, 11) is 0. The Bertz CT molecular complexity index is 700. The summed E-state index contributed by atoms with van der Waals surface area (Å²) in [6, 6.07) is 14.0. The van der Waals surface area contributed by atoms with Crippen molar-refractivity contribution in [3.63, 3.8) is 0 Å². The lowest BCUT2D eigenvalue weighted by Crippen LogP contribution is -1.94. The molecule has 3 aromatic rings. The normalized spacial score (nSPS) is 10.4. The Morgan fingerprint density at radius 1 is 0.750 bits per heavy atom. The Kier molecular flexibility index (Phi) is 3.09. The van der Waals surface area contributed by atoms with E-state index in [0.29, 0.717) is 0 Å². The van der Waals surface area contributed by atoms with Gasteiger partial charge in [0.05, 0.1) is 22.8 Å². The van der Waals surface area contributed by atoms with E-state index in [2.05, 4.69) is 13.2 Å². The quantitative estimate of drug-likeness (QED) is 0.689. The van der Waals surface area contributed by atoms with Gasteiger partial charge in [-0.3, -0.25) is 0 Å². The number of rotatable bonds is 4. The van der Waals surface area contributed by atoms with Crippen LogP contribution in [0.2, 0.25) is 0 Å².